The first-order valence-electron chi connectivity index (χ1n) is 6.55. The average molecular weight is 211 g/mol. The van der Waals surface area contributed by atoms with Gasteiger partial charge in [0.25, 0.3) is 0 Å². The van der Waals surface area contributed by atoms with E-state index in [1.807, 2.05) is 0 Å². The lowest BCUT2D eigenvalue weighted by Gasteiger charge is -2.26. The van der Waals surface area contributed by atoms with Crippen molar-refractivity contribution in [2.45, 2.75) is 58.8 Å². The highest BCUT2D eigenvalue weighted by Crippen LogP contribution is 2.25. The van der Waals surface area contributed by atoms with E-state index in [0.717, 1.165) is 25.3 Å². The maximum Gasteiger partial charge on any atom is 0.223 e. The quantitative estimate of drug-likeness (QED) is 0.688. The molecule has 0 heterocycles. The molecule has 2 nitrogen and oxygen atoms in total. The SMILES string of the molecule is CCCCC(CC)C(=O)NCC1CCC1. The molecule has 1 saturated carbocycles. The molecule has 0 bridgehead atoms. The van der Waals surface area contributed by atoms with Crippen LogP contribution in [0.15, 0.2) is 0 Å². The lowest BCUT2D eigenvalue weighted by molar-refractivity contribution is -0.125. The topological polar surface area (TPSA) is 29.1 Å². The van der Waals surface area contributed by atoms with Crippen molar-refractivity contribution in [3.63, 3.8) is 0 Å². The molecular weight excluding hydrogens is 186 g/mol. The summed E-state index contributed by atoms with van der Waals surface area (Å²) in [6.45, 7) is 5.21. The Labute approximate surface area is 93.8 Å². The second-order valence-corrected chi connectivity index (χ2v) is 4.79. The molecule has 0 aromatic carbocycles. The Morgan fingerprint density at radius 1 is 1.40 bits per heavy atom. The summed E-state index contributed by atoms with van der Waals surface area (Å²) in [5, 5.41) is 3.11. The summed E-state index contributed by atoms with van der Waals surface area (Å²) in [5.74, 6) is 1.32. The lowest BCUT2D eigenvalue weighted by atomic mass is 9.85. The van der Waals surface area contributed by atoms with Crippen LogP contribution in [0.2, 0.25) is 0 Å². The highest BCUT2D eigenvalue weighted by atomic mass is 16.1. The van der Waals surface area contributed by atoms with E-state index in [0.29, 0.717) is 0 Å². The molecule has 0 aromatic rings. The number of rotatable bonds is 7. The van der Waals surface area contributed by atoms with Crippen LogP contribution in [0.1, 0.15) is 58.8 Å². The van der Waals surface area contributed by atoms with Crippen molar-refractivity contribution in [1.29, 1.82) is 0 Å². The van der Waals surface area contributed by atoms with Crippen molar-refractivity contribution in [3.8, 4) is 0 Å². The van der Waals surface area contributed by atoms with Gasteiger partial charge in [0, 0.05) is 12.5 Å². The maximum absolute atomic E-state index is 11.8. The first-order chi connectivity index (χ1) is 7.27. The molecule has 0 spiro atoms. The molecule has 2 heteroatoms. The summed E-state index contributed by atoms with van der Waals surface area (Å²) in [5.41, 5.74) is 0. The summed E-state index contributed by atoms with van der Waals surface area (Å²) < 4.78 is 0. The van der Waals surface area contributed by atoms with Crippen LogP contribution in [0.5, 0.6) is 0 Å². The van der Waals surface area contributed by atoms with Crippen LogP contribution < -0.4 is 5.32 Å². The fourth-order valence-electron chi connectivity index (χ4n) is 2.06. The third-order valence-corrected chi connectivity index (χ3v) is 3.56. The predicted octanol–water partition coefficient (Wildman–Crippen LogP) is 3.12. The average Bonchev–Trinajstić information content (AvgIpc) is 2.16. The smallest absolute Gasteiger partial charge is 0.223 e. The number of nitrogens with one attached hydrogen (secondary N) is 1. The van der Waals surface area contributed by atoms with Crippen molar-refractivity contribution >= 4 is 5.91 Å². The summed E-state index contributed by atoms with van der Waals surface area (Å²) in [7, 11) is 0. The second kappa shape index (κ2) is 6.86. The van der Waals surface area contributed by atoms with Crippen molar-refractivity contribution in [2.75, 3.05) is 6.54 Å². The van der Waals surface area contributed by atoms with Gasteiger partial charge in [-0.2, -0.15) is 0 Å². The fraction of sp³-hybridized carbons (Fsp3) is 0.923. The van der Waals surface area contributed by atoms with E-state index in [1.54, 1.807) is 0 Å². The molecule has 1 N–H and O–H groups in total. The van der Waals surface area contributed by atoms with E-state index in [9.17, 15) is 4.79 Å². The van der Waals surface area contributed by atoms with Gasteiger partial charge in [-0.15, -0.1) is 0 Å². The fourth-order valence-corrected chi connectivity index (χ4v) is 2.06. The van der Waals surface area contributed by atoms with Crippen LogP contribution >= 0.6 is 0 Å². The second-order valence-electron chi connectivity index (χ2n) is 4.79. The minimum Gasteiger partial charge on any atom is -0.356 e. The molecule has 1 aliphatic carbocycles. The minimum absolute atomic E-state index is 0.255. The van der Waals surface area contributed by atoms with Crippen LogP contribution in [-0.2, 0) is 4.79 Å². The molecule has 15 heavy (non-hydrogen) atoms. The summed E-state index contributed by atoms with van der Waals surface area (Å²) in [6, 6.07) is 0. The molecule has 0 saturated heterocycles. The first kappa shape index (κ1) is 12.5. The molecule has 1 atom stereocenters. The zero-order valence-electron chi connectivity index (χ0n) is 10.2. The van der Waals surface area contributed by atoms with Crippen LogP contribution in [0.3, 0.4) is 0 Å². The van der Waals surface area contributed by atoms with Crippen molar-refractivity contribution < 1.29 is 4.79 Å². The Kier molecular flexibility index (Phi) is 5.74. The molecule has 1 rings (SSSR count). The largest absolute Gasteiger partial charge is 0.356 e. The van der Waals surface area contributed by atoms with Gasteiger partial charge in [0.2, 0.25) is 5.91 Å². The number of amides is 1. The predicted molar refractivity (Wildman–Crippen MR) is 63.7 cm³/mol. The Hall–Kier alpha value is -0.530. The minimum atomic E-state index is 0.255. The summed E-state index contributed by atoms with van der Waals surface area (Å²) >= 11 is 0. The van der Waals surface area contributed by atoms with Crippen LogP contribution in [-0.4, -0.2) is 12.5 Å². The Morgan fingerprint density at radius 2 is 2.13 bits per heavy atom. The maximum atomic E-state index is 11.8. The van der Waals surface area contributed by atoms with E-state index in [2.05, 4.69) is 19.2 Å². The number of hydrogen-bond donors (Lipinski definition) is 1. The normalized spacial score (nSPS) is 18.3. The number of carbonyl (C=O) groups excluding carboxylic acids is 1. The molecule has 1 unspecified atom stereocenters. The van der Waals surface area contributed by atoms with Crippen LogP contribution in [0.25, 0.3) is 0 Å². The summed E-state index contributed by atoms with van der Waals surface area (Å²) in [6.07, 6.45) is 8.38. The molecule has 0 aromatic heterocycles. The van der Waals surface area contributed by atoms with Gasteiger partial charge in [0.1, 0.15) is 0 Å². The Morgan fingerprint density at radius 3 is 2.60 bits per heavy atom. The molecule has 1 amide bonds. The third-order valence-electron chi connectivity index (χ3n) is 3.56. The first-order valence-corrected chi connectivity index (χ1v) is 6.55. The molecule has 88 valence electrons. The van der Waals surface area contributed by atoms with Gasteiger partial charge in [0.15, 0.2) is 0 Å². The van der Waals surface area contributed by atoms with Gasteiger partial charge in [-0.05, 0) is 31.6 Å². The van der Waals surface area contributed by atoms with Crippen LogP contribution in [0.4, 0.5) is 0 Å². The molecule has 1 fully saturated rings. The van der Waals surface area contributed by atoms with E-state index >= 15 is 0 Å². The monoisotopic (exact) mass is 211 g/mol. The van der Waals surface area contributed by atoms with E-state index in [-0.39, 0.29) is 11.8 Å². The Bertz CT molecular complexity index is 187. The van der Waals surface area contributed by atoms with Gasteiger partial charge in [-0.1, -0.05) is 33.1 Å². The van der Waals surface area contributed by atoms with Crippen molar-refractivity contribution in [1.82, 2.24) is 5.32 Å². The van der Waals surface area contributed by atoms with Gasteiger partial charge >= 0.3 is 0 Å². The zero-order chi connectivity index (χ0) is 11.1. The van der Waals surface area contributed by atoms with Gasteiger partial charge in [-0.3, -0.25) is 4.79 Å². The molecule has 0 aliphatic heterocycles. The molecule has 0 radical (unpaired) electrons. The number of unbranched alkanes of at least 4 members (excludes halogenated alkanes) is 1. The molecular formula is C13H25NO. The highest BCUT2D eigenvalue weighted by Gasteiger charge is 2.20. The van der Waals surface area contributed by atoms with Gasteiger partial charge in [-0.25, -0.2) is 0 Å². The zero-order valence-corrected chi connectivity index (χ0v) is 10.2. The molecule has 1 aliphatic rings. The van der Waals surface area contributed by atoms with Crippen molar-refractivity contribution in [3.05, 3.63) is 0 Å². The number of hydrogen-bond acceptors (Lipinski definition) is 1. The number of carbonyl (C=O) groups is 1. The highest BCUT2D eigenvalue weighted by molar-refractivity contribution is 5.78. The Balaban J connectivity index is 2.16. The lowest BCUT2D eigenvalue weighted by Crippen LogP contribution is -2.36. The van der Waals surface area contributed by atoms with Gasteiger partial charge in [0.05, 0.1) is 0 Å². The van der Waals surface area contributed by atoms with E-state index in [4.69, 9.17) is 0 Å². The van der Waals surface area contributed by atoms with Crippen molar-refractivity contribution in [2.24, 2.45) is 11.8 Å². The standard InChI is InChI=1S/C13H25NO/c1-3-5-9-12(4-2)13(15)14-10-11-7-6-8-11/h11-12H,3-10H2,1-2H3,(H,14,15). The third kappa shape index (κ3) is 4.23. The van der Waals surface area contributed by atoms with E-state index < -0.39 is 0 Å². The summed E-state index contributed by atoms with van der Waals surface area (Å²) in [4.78, 5) is 11.8. The van der Waals surface area contributed by atoms with E-state index in [1.165, 1.54) is 32.1 Å². The van der Waals surface area contributed by atoms with Crippen LogP contribution in [0, 0.1) is 11.8 Å². The van der Waals surface area contributed by atoms with Gasteiger partial charge < -0.3 is 5.32 Å².